The van der Waals surface area contributed by atoms with Crippen LogP contribution >= 0.6 is 0 Å². The molecule has 16 nitrogen and oxygen atoms in total. The van der Waals surface area contributed by atoms with Crippen LogP contribution in [0.3, 0.4) is 0 Å². The first kappa shape index (κ1) is 32.6. The predicted molar refractivity (Wildman–Crippen MR) is 139 cm³/mol. The highest BCUT2D eigenvalue weighted by Gasteiger charge is 2.64. The zero-order valence-corrected chi connectivity index (χ0v) is 22.2. The second kappa shape index (κ2) is 12.0. The van der Waals surface area contributed by atoms with Gasteiger partial charge in [-0.25, -0.2) is 0 Å². The average molecular weight is 613 g/mol. The molecule has 43 heavy (non-hydrogen) atoms. The number of phenols is 1. The fraction of sp³-hybridized carbons (Fsp3) is 0.481. The van der Waals surface area contributed by atoms with Gasteiger partial charge in [0.15, 0.2) is 5.79 Å². The molecule has 12 N–H and O–H groups in total. The van der Waals surface area contributed by atoms with Gasteiger partial charge in [0.2, 0.25) is 17.2 Å². The molecule has 1 unspecified atom stereocenters. The predicted octanol–water partition coefficient (Wildman–Crippen LogP) is -4.05. The molecule has 2 saturated heterocycles. The number of hydrogen-bond acceptors (Lipinski definition) is 16. The molecule has 0 saturated carbocycles. The third-order valence-electron chi connectivity index (χ3n) is 7.72. The monoisotopic (exact) mass is 612 g/mol. The van der Waals surface area contributed by atoms with Crippen LogP contribution in [-0.4, -0.2) is 146 Å². The fourth-order valence-corrected chi connectivity index (χ4v) is 5.14. The van der Waals surface area contributed by atoms with Gasteiger partial charge in [0.1, 0.15) is 71.7 Å². The van der Waals surface area contributed by atoms with E-state index in [2.05, 4.69) is 0 Å². The Hall–Kier alpha value is -3.26. The Balaban J connectivity index is 1.87. The van der Waals surface area contributed by atoms with E-state index in [1.165, 1.54) is 30.3 Å². The molecule has 2 heterocycles. The largest absolute Gasteiger partial charge is 0.508 e. The Labute approximate surface area is 242 Å². The highest BCUT2D eigenvalue weighted by molar-refractivity contribution is 6.28. The number of Topliss-reactive ketones (excluding diaryl/α,β-unsaturated/α-hetero) is 2. The number of carbonyl (C=O) groups is 2. The Morgan fingerprint density at radius 1 is 0.907 bits per heavy atom. The van der Waals surface area contributed by atoms with Crippen molar-refractivity contribution in [3.63, 3.8) is 0 Å². The summed E-state index contributed by atoms with van der Waals surface area (Å²) in [6.45, 7) is -1.78. The van der Waals surface area contributed by atoms with E-state index in [4.69, 9.17) is 9.47 Å². The highest BCUT2D eigenvalue weighted by atomic mass is 16.6. The standard InChI is InChI=1S/C27H32O16/c28-8-15-19(34)20(35)21(36)25(43-15)27(41)22(37)12(7-26(40)24(39)18(33)14(31)9-42-26)17(32)16(23(27)38)13(30)6-3-10-1-4-11(29)5-2-10/h1-6,14-15,18-21,24-25,28-36,39-41H,7-9H2/b6-3+,16-13+/t14-,15-,18-,19-,20+,21-,24+,25-,26-,27?/m1/s1. The zero-order valence-electron chi connectivity index (χ0n) is 22.2. The number of benzene rings is 1. The van der Waals surface area contributed by atoms with Gasteiger partial charge in [0.25, 0.3) is 0 Å². The maximum Gasteiger partial charge on any atom is 0.219 e. The van der Waals surface area contributed by atoms with E-state index in [0.29, 0.717) is 5.56 Å². The van der Waals surface area contributed by atoms with Crippen molar-refractivity contribution in [3.8, 4) is 5.75 Å². The van der Waals surface area contributed by atoms with Gasteiger partial charge in [-0.1, -0.05) is 18.2 Å². The first-order valence-electron chi connectivity index (χ1n) is 12.9. The van der Waals surface area contributed by atoms with Crippen molar-refractivity contribution in [3.05, 3.63) is 58.6 Å². The number of ketones is 2. The summed E-state index contributed by atoms with van der Waals surface area (Å²) in [5.74, 6) is -8.92. The van der Waals surface area contributed by atoms with Crippen LogP contribution < -0.4 is 0 Å². The van der Waals surface area contributed by atoms with Crippen LogP contribution in [0.15, 0.2) is 53.0 Å². The normalized spacial score (nSPS) is 40.3. The highest BCUT2D eigenvalue weighted by Crippen LogP contribution is 2.42. The van der Waals surface area contributed by atoms with Crippen LogP contribution in [-0.2, 0) is 19.1 Å². The third kappa shape index (κ3) is 5.59. The van der Waals surface area contributed by atoms with Crippen molar-refractivity contribution in [2.75, 3.05) is 13.2 Å². The lowest BCUT2D eigenvalue weighted by Crippen LogP contribution is -2.71. The van der Waals surface area contributed by atoms with Crippen LogP contribution in [0.2, 0.25) is 0 Å². The minimum Gasteiger partial charge on any atom is -0.508 e. The number of aliphatic hydroxyl groups excluding tert-OH is 9. The summed E-state index contributed by atoms with van der Waals surface area (Å²) in [5, 5.41) is 125. The molecule has 0 spiro atoms. The van der Waals surface area contributed by atoms with Gasteiger partial charge in [-0.15, -0.1) is 0 Å². The minimum absolute atomic E-state index is 0.0850. The molecular formula is C27H32O16. The Bertz CT molecular complexity index is 1330. The number of aliphatic hydroxyl groups is 11. The van der Waals surface area contributed by atoms with Gasteiger partial charge in [-0.05, 0) is 23.8 Å². The fourth-order valence-electron chi connectivity index (χ4n) is 5.14. The van der Waals surface area contributed by atoms with Crippen molar-refractivity contribution >= 4 is 17.6 Å². The lowest BCUT2D eigenvalue weighted by Gasteiger charge is -2.47. The molecular weight excluding hydrogens is 580 g/mol. The van der Waals surface area contributed by atoms with Crippen molar-refractivity contribution in [2.24, 2.45) is 0 Å². The first-order chi connectivity index (χ1) is 20.1. The number of allylic oxidation sites excluding steroid dienone is 2. The molecule has 10 atom stereocenters. The quantitative estimate of drug-likeness (QED) is 0.0826. The van der Waals surface area contributed by atoms with Gasteiger partial charge in [0, 0.05) is 12.0 Å². The number of rotatable bonds is 6. The molecule has 1 aromatic carbocycles. The molecule has 1 aliphatic carbocycles. The van der Waals surface area contributed by atoms with E-state index in [-0.39, 0.29) is 5.75 Å². The second-order valence-corrected chi connectivity index (χ2v) is 10.5. The van der Waals surface area contributed by atoms with E-state index in [0.717, 1.165) is 6.08 Å². The zero-order chi connectivity index (χ0) is 32.0. The molecule has 3 aliphatic rings. The van der Waals surface area contributed by atoms with Crippen molar-refractivity contribution in [2.45, 2.75) is 66.6 Å². The molecule has 2 fully saturated rings. The smallest absolute Gasteiger partial charge is 0.219 e. The molecule has 236 valence electrons. The summed E-state index contributed by atoms with van der Waals surface area (Å²) in [6.07, 6.45) is -15.9. The van der Waals surface area contributed by atoms with Crippen LogP contribution in [0.25, 0.3) is 6.08 Å². The Morgan fingerprint density at radius 3 is 2.14 bits per heavy atom. The number of phenolic OH excluding ortho intramolecular Hbond substituents is 1. The second-order valence-electron chi connectivity index (χ2n) is 10.5. The van der Waals surface area contributed by atoms with E-state index in [1.54, 1.807) is 0 Å². The summed E-state index contributed by atoms with van der Waals surface area (Å²) in [4.78, 5) is 27.5. The molecule has 16 heteroatoms. The molecule has 2 aliphatic heterocycles. The SMILES string of the molecule is O=C1C(C[C@@]2(O)OC[C@@H](O)[C@@H](O)[C@@H]2O)=C(O)/C(=C(O)/C=C/c2ccc(O)cc2)C(=O)C1(O)[C@@H]1O[C@H](CO)[C@@H](O)[C@H](O)[C@H]1O. The summed E-state index contributed by atoms with van der Waals surface area (Å²) in [6, 6.07) is 5.39. The van der Waals surface area contributed by atoms with Crippen LogP contribution in [0.1, 0.15) is 12.0 Å². The topological polar surface area (TPSA) is 295 Å². The maximum absolute atomic E-state index is 13.8. The average Bonchev–Trinajstić information content (AvgIpc) is 2.98. The number of hydrogen-bond donors (Lipinski definition) is 12. The lowest BCUT2D eigenvalue weighted by molar-refractivity contribution is -0.320. The molecule has 4 rings (SSSR count). The van der Waals surface area contributed by atoms with E-state index >= 15 is 0 Å². The van der Waals surface area contributed by atoms with Crippen molar-refractivity contribution in [1.82, 2.24) is 0 Å². The van der Waals surface area contributed by atoms with E-state index in [1.807, 2.05) is 0 Å². The minimum atomic E-state index is -3.60. The van der Waals surface area contributed by atoms with Gasteiger partial charge in [0.05, 0.1) is 13.2 Å². The third-order valence-corrected chi connectivity index (χ3v) is 7.72. The van der Waals surface area contributed by atoms with Crippen LogP contribution in [0, 0.1) is 0 Å². The first-order valence-corrected chi connectivity index (χ1v) is 12.9. The maximum atomic E-state index is 13.8. The summed E-state index contributed by atoms with van der Waals surface area (Å²) < 4.78 is 10.3. The van der Waals surface area contributed by atoms with Crippen LogP contribution in [0.4, 0.5) is 0 Å². The molecule has 0 amide bonds. The van der Waals surface area contributed by atoms with Crippen molar-refractivity contribution < 1.29 is 80.3 Å². The van der Waals surface area contributed by atoms with Gasteiger partial charge in [-0.2, -0.15) is 0 Å². The molecule has 1 aromatic rings. The van der Waals surface area contributed by atoms with Gasteiger partial charge < -0.3 is 70.8 Å². The van der Waals surface area contributed by atoms with Crippen LogP contribution in [0.5, 0.6) is 5.75 Å². The Kier molecular flexibility index (Phi) is 9.13. The van der Waals surface area contributed by atoms with Gasteiger partial charge >= 0.3 is 0 Å². The van der Waals surface area contributed by atoms with E-state index < -0.39 is 114 Å². The van der Waals surface area contributed by atoms with Gasteiger partial charge in [-0.3, -0.25) is 9.59 Å². The number of carbonyl (C=O) groups excluding carboxylic acids is 2. The molecule has 0 radical (unpaired) electrons. The molecule has 0 bridgehead atoms. The Morgan fingerprint density at radius 2 is 1.53 bits per heavy atom. The lowest BCUT2D eigenvalue weighted by atomic mass is 9.70. The summed E-state index contributed by atoms with van der Waals surface area (Å²) in [7, 11) is 0. The van der Waals surface area contributed by atoms with E-state index in [9.17, 15) is 70.9 Å². The summed E-state index contributed by atoms with van der Waals surface area (Å²) in [5.41, 5.74) is -5.47. The number of ether oxygens (including phenoxy) is 2. The summed E-state index contributed by atoms with van der Waals surface area (Å²) >= 11 is 0. The number of aromatic hydroxyl groups is 1. The van der Waals surface area contributed by atoms with Crippen molar-refractivity contribution in [1.29, 1.82) is 0 Å². The molecule has 0 aromatic heterocycles.